The van der Waals surface area contributed by atoms with Crippen molar-refractivity contribution in [3.8, 4) is 11.8 Å². The first-order chi connectivity index (χ1) is 16.2. The Balaban J connectivity index is 1.34. The van der Waals surface area contributed by atoms with Crippen molar-refractivity contribution in [3.63, 3.8) is 0 Å². The number of nitrogens with one attached hydrogen (secondary N) is 1. The summed E-state index contributed by atoms with van der Waals surface area (Å²) in [5, 5.41) is 7.26. The lowest BCUT2D eigenvalue weighted by molar-refractivity contribution is -0.143. The number of halogens is 4. The molecule has 1 N–H and O–H groups in total. The Morgan fingerprint density at radius 3 is 2.56 bits per heavy atom. The van der Waals surface area contributed by atoms with Crippen LogP contribution in [0.4, 0.5) is 29.3 Å². The Morgan fingerprint density at radius 2 is 1.88 bits per heavy atom. The fourth-order valence-electron chi connectivity index (χ4n) is 4.78. The van der Waals surface area contributed by atoms with Gasteiger partial charge >= 0.3 is 12.2 Å². The quantitative estimate of drug-likeness (QED) is 0.533. The second-order valence-electron chi connectivity index (χ2n) is 8.74. The Bertz CT molecular complexity index is 1150. The number of hydrogen-bond donors (Lipinski definition) is 1. The molecule has 12 heteroatoms. The number of aryl methyl sites for hydroxylation is 1. The molecule has 2 fully saturated rings. The Kier molecular flexibility index (Phi) is 5.74. The molecule has 0 spiro atoms. The number of nitrogens with zero attached hydrogens (tertiary/aromatic N) is 6. The molecule has 180 valence electrons. The van der Waals surface area contributed by atoms with E-state index in [0.29, 0.717) is 4.68 Å². The summed E-state index contributed by atoms with van der Waals surface area (Å²) in [6.07, 6.45) is -1.00. The van der Waals surface area contributed by atoms with Crippen molar-refractivity contribution in [1.29, 1.82) is 0 Å². The van der Waals surface area contributed by atoms with E-state index in [1.807, 2.05) is 13.0 Å². The smallest absolute Gasteiger partial charge is 0.408 e. The number of fused-ring (bicyclic) bond motifs is 2. The molecule has 2 atom stereocenters. The first-order valence-corrected chi connectivity index (χ1v) is 11.0. The summed E-state index contributed by atoms with van der Waals surface area (Å²) in [5.74, 6) is 0.924. The van der Waals surface area contributed by atoms with Crippen molar-refractivity contribution in [1.82, 2.24) is 24.7 Å². The van der Waals surface area contributed by atoms with Gasteiger partial charge in [-0.25, -0.2) is 19.0 Å². The SMILES string of the molecule is Cc1cc(N2CC3CCC(C2)C3Nc2nc(Oc3cccc(F)c3)n(CC(F)(F)F)n2)ncn1. The molecule has 3 aromatic rings. The van der Waals surface area contributed by atoms with Crippen molar-refractivity contribution in [2.24, 2.45) is 11.8 Å². The maximum Gasteiger partial charge on any atom is 0.408 e. The molecule has 1 saturated carbocycles. The lowest BCUT2D eigenvalue weighted by Gasteiger charge is -2.38. The largest absolute Gasteiger partial charge is 0.424 e. The number of aromatic nitrogens is 5. The fraction of sp³-hybridized carbons (Fsp3) is 0.455. The summed E-state index contributed by atoms with van der Waals surface area (Å²) in [5.41, 5.74) is 0.892. The maximum atomic E-state index is 13.5. The number of ether oxygens (including phenoxy) is 1. The molecule has 2 aliphatic rings. The molecule has 1 saturated heterocycles. The van der Waals surface area contributed by atoms with E-state index in [1.165, 1.54) is 18.2 Å². The zero-order chi connectivity index (χ0) is 23.9. The molecule has 0 amide bonds. The van der Waals surface area contributed by atoms with E-state index in [1.54, 1.807) is 6.33 Å². The van der Waals surface area contributed by atoms with Gasteiger partial charge in [-0.15, -0.1) is 5.10 Å². The van der Waals surface area contributed by atoms with Crippen LogP contribution in [0.1, 0.15) is 18.5 Å². The molecule has 2 bridgehead atoms. The van der Waals surface area contributed by atoms with Gasteiger partial charge in [-0.05, 0) is 43.7 Å². The minimum absolute atomic E-state index is 0.0166. The molecule has 1 aliphatic heterocycles. The van der Waals surface area contributed by atoms with E-state index in [0.717, 1.165) is 43.5 Å². The predicted octanol–water partition coefficient (Wildman–Crippen LogP) is 4.20. The third-order valence-electron chi connectivity index (χ3n) is 6.21. The highest BCUT2D eigenvalue weighted by atomic mass is 19.4. The van der Waals surface area contributed by atoms with Crippen molar-refractivity contribution in [2.45, 2.75) is 38.5 Å². The van der Waals surface area contributed by atoms with E-state index in [9.17, 15) is 17.6 Å². The van der Waals surface area contributed by atoms with Crippen LogP contribution in [0.5, 0.6) is 11.8 Å². The van der Waals surface area contributed by atoms with E-state index >= 15 is 0 Å². The number of anilines is 2. The van der Waals surface area contributed by atoms with Crippen LogP contribution in [-0.2, 0) is 6.54 Å². The second kappa shape index (κ2) is 8.73. The highest BCUT2D eigenvalue weighted by molar-refractivity contribution is 5.42. The van der Waals surface area contributed by atoms with E-state index < -0.39 is 18.5 Å². The van der Waals surface area contributed by atoms with Crippen LogP contribution in [-0.4, -0.2) is 50.0 Å². The summed E-state index contributed by atoms with van der Waals surface area (Å²) in [7, 11) is 0. The van der Waals surface area contributed by atoms with Gasteiger partial charge in [0.15, 0.2) is 0 Å². The van der Waals surface area contributed by atoms with Crippen LogP contribution >= 0.6 is 0 Å². The second-order valence-corrected chi connectivity index (χ2v) is 8.74. The van der Waals surface area contributed by atoms with Crippen LogP contribution in [0.15, 0.2) is 36.7 Å². The van der Waals surface area contributed by atoms with Crippen LogP contribution in [0.25, 0.3) is 0 Å². The Morgan fingerprint density at radius 1 is 1.12 bits per heavy atom. The molecule has 34 heavy (non-hydrogen) atoms. The standard InChI is InChI=1S/C22H23F4N7O/c1-13-7-18(28-12-27-13)32-9-14-5-6-15(10-32)19(14)29-20-30-21(33(31-20)11-22(24,25)26)34-17-4-2-3-16(23)8-17/h2-4,7-8,12,14-15,19H,5-6,9-11H2,1H3,(H,29,31). The van der Waals surface area contributed by atoms with Gasteiger partial charge in [-0.2, -0.15) is 18.2 Å². The van der Waals surface area contributed by atoms with Crippen LogP contribution in [0.2, 0.25) is 0 Å². The molecule has 1 aromatic carbocycles. The highest BCUT2D eigenvalue weighted by Crippen LogP contribution is 2.40. The first-order valence-electron chi connectivity index (χ1n) is 11.0. The third kappa shape index (κ3) is 4.90. The van der Waals surface area contributed by atoms with E-state index in [4.69, 9.17) is 4.74 Å². The first kappa shape index (κ1) is 22.4. The summed E-state index contributed by atoms with van der Waals surface area (Å²) in [6, 6.07) is 6.74. The minimum atomic E-state index is -4.52. The number of piperidine rings is 1. The average Bonchev–Trinajstić information content (AvgIpc) is 3.21. The Hall–Kier alpha value is -3.44. The highest BCUT2D eigenvalue weighted by Gasteiger charge is 2.43. The number of alkyl halides is 3. The lowest BCUT2D eigenvalue weighted by atomic mass is 9.92. The third-order valence-corrected chi connectivity index (χ3v) is 6.21. The molecule has 2 unspecified atom stereocenters. The van der Waals surface area contributed by atoms with Crippen molar-refractivity contribution >= 4 is 11.8 Å². The van der Waals surface area contributed by atoms with Gasteiger partial charge in [0.05, 0.1) is 0 Å². The van der Waals surface area contributed by atoms with Gasteiger partial charge < -0.3 is 15.0 Å². The van der Waals surface area contributed by atoms with Crippen molar-refractivity contribution in [3.05, 3.63) is 48.2 Å². The van der Waals surface area contributed by atoms with Gasteiger partial charge in [-0.3, -0.25) is 0 Å². The fourth-order valence-corrected chi connectivity index (χ4v) is 4.78. The molecule has 8 nitrogen and oxygen atoms in total. The normalized spacial score (nSPS) is 22.1. The summed E-state index contributed by atoms with van der Waals surface area (Å²) in [4.78, 5) is 14.9. The molecule has 1 aliphatic carbocycles. The van der Waals surface area contributed by atoms with E-state index in [-0.39, 0.29) is 35.6 Å². The number of benzene rings is 1. The summed E-state index contributed by atoms with van der Waals surface area (Å²) < 4.78 is 58.9. The molecule has 0 radical (unpaired) electrons. The minimum Gasteiger partial charge on any atom is -0.424 e. The number of hydrogen-bond acceptors (Lipinski definition) is 7. The lowest BCUT2D eigenvalue weighted by Crippen LogP contribution is -2.48. The van der Waals surface area contributed by atoms with Gasteiger partial charge in [0.25, 0.3) is 0 Å². The molecule has 3 heterocycles. The van der Waals surface area contributed by atoms with Gasteiger partial charge in [0, 0.05) is 37.0 Å². The van der Waals surface area contributed by atoms with Crippen molar-refractivity contribution < 1.29 is 22.3 Å². The predicted molar refractivity (Wildman–Crippen MR) is 115 cm³/mol. The number of rotatable bonds is 6. The Labute approximate surface area is 193 Å². The van der Waals surface area contributed by atoms with Crippen LogP contribution < -0.4 is 15.0 Å². The molecule has 5 rings (SSSR count). The van der Waals surface area contributed by atoms with Gasteiger partial charge in [0.1, 0.15) is 30.3 Å². The van der Waals surface area contributed by atoms with E-state index in [2.05, 4.69) is 30.3 Å². The summed E-state index contributed by atoms with van der Waals surface area (Å²) >= 11 is 0. The zero-order valence-corrected chi connectivity index (χ0v) is 18.3. The molecule has 2 aromatic heterocycles. The zero-order valence-electron chi connectivity index (χ0n) is 18.3. The topological polar surface area (TPSA) is 81.0 Å². The van der Waals surface area contributed by atoms with Crippen LogP contribution in [0, 0.1) is 24.6 Å². The molecular weight excluding hydrogens is 454 g/mol. The monoisotopic (exact) mass is 477 g/mol. The maximum absolute atomic E-state index is 13.5. The van der Waals surface area contributed by atoms with Gasteiger partial charge in [-0.1, -0.05) is 6.07 Å². The van der Waals surface area contributed by atoms with Crippen molar-refractivity contribution in [2.75, 3.05) is 23.3 Å². The molecular formula is C22H23F4N7O. The summed E-state index contributed by atoms with van der Waals surface area (Å²) in [6.45, 7) is 2.08. The van der Waals surface area contributed by atoms with Gasteiger partial charge in [0.2, 0.25) is 5.95 Å². The van der Waals surface area contributed by atoms with Crippen LogP contribution in [0.3, 0.4) is 0 Å². The average molecular weight is 477 g/mol.